The number of halogens is 3. The summed E-state index contributed by atoms with van der Waals surface area (Å²) in [6.07, 6.45) is 0. The van der Waals surface area contributed by atoms with Crippen LogP contribution in [0.2, 0.25) is 5.02 Å². The summed E-state index contributed by atoms with van der Waals surface area (Å²) in [5, 5.41) is 3.68. The minimum absolute atomic E-state index is 0.295. The quantitative estimate of drug-likeness (QED) is 0.810. The molecule has 1 N–H and O–H groups in total. The molecule has 0 aliphatic heterocycles. The van der Waals surface area contributed by atoms with Gasteiger partial charge in [0.2, 0.25) is 0 Å². The molecule has 0 atom stereocenters. The fourth-order valence-corrected chi connectivity index (χ4v) is 2.68. The van der Waals surface area contributed by atoms with E-state index in [9.17, 15) is 4.39 Å². The lowest BCUT2D eigenvalue weighted by Gasteiger charge is -2.14. The zero-order chi connectivity index (χ0) is 15.4. The standard InChI is InChI=1S/C15H14BrClFNO2/c1-20-13-6-3-9(14(17)15(13)21-2)8-19-12-5-4-10(18)7-11(12)16/h3-7,19H,8H2,1-2H3. The van der Waals surface area contributed by atoms with Crippen LogP contribution < -0.4 is 14.8 Å². The number of rotatable bonds is 5. The van der Waals surface area contributed by atoms with Gasteiger partial charge in [0.1, 0.15) is 5.82 Å². The smallest absolute Gasteiger partial charge is 0.179 e. The third-order valence-electron chi connectivity index (χ3n) is 2.97. The van der Waals surface area contributed by atoms with Crippen LogP contribution >= 0.6 is 27.5 Å². The Labute approximate surface area is 136 Å². The van der Waals surface area contributed by atoms with Crippen molar-refractivity contribution in [3.05, 3.63) is 51.2 Å². The van der Waals surface area contributed by atoms with Crippen LogP contribution in [0.25, 0.3) is 0 Å². The molecule has 2 aromatic carbocycles. The number of methoxy groups -OCH3 is 2. The van der Waals surface area contributed by atoms with Crippen molar-refractivity contribution in [1.82, 2.24) is 0 Å². The maximum Gasteiger partial charge on any atom is 0.179 e. The summed E-state index contributed by atoms with van der Waals surface area (Å²) in [5.74, 6) is 0.780. The zero-order valence-corrected chi connectivity index (χ0v) is 13.9. The predicted octanol–water partition coefficient (Wildman–Crippen LogP) is 4.87. The van der Waals surface area contributed by atoms with E-state index in [2.05, 4.69) is 21.2 Å². The molecule has 0 heterocycles. The Morgan fingerprint density at radius 2 is 1.95 bits per heavy atom. The molecular weight excluding hydrogens is 361 g/mol. The van der Waals surface area contributed by atoms with Crippen molar-refractivity contribution in [2.24, 2.45) is 0 Å². The monoisotopic (exact) mass is 373 g/mol. The summed E-state index contributed by atoms with van der Waals surface area (Å²) in [4.78, 5) is 0. The van der Waals surface area contributed by atoms with Gasteiger partial charge < -0.3 is 14.8 Å². The SMILES string of the molecule is COc1ccc(CNc2ccc(F)cc2Br)c(Cl)c1OC. The highest BCUT2D eigenvalue weighted by molar-refractivity contribution is 9.10. The largest absolute Gasteiger partial charge is 0.493 e. The average Bonchev–Trinajstić information content (AvgIpc) is 2.47. The normalized spacial score (nSPS) is 10.3. The van der Waals surface area contributed by atoms with Gasteiger partial charge in [0.05, 0.1) is 19.2 Å². The highest BCUT2D eigenvalue weighted by Gasteiger charge is 2.13. The van der Waals surface area contributed by atoms with Crippen molar-refractivity contribution in [2.45, 2.75) is 6.54 Å². The van der Waals surface area contributed by atoms with Crippen molar-refractivity contribution in [3.8, 4) is 11.5 Å². The number of benzene rings is 2. The minimum atomic E-state index is -0.295. The van der Waals surface area contributed by atoms with E-state index in [-0.39, 0.29) is 5.82 Å². The summed E-state index contributed by atoms with van der Waals surface area (Å²) in [7, 11) is 3.10. The summed E-state index contributed by atoms with van der Waals surface area (Å²) < 4.78 is 24.1. The molecule has 0 bridgehead atoms. The second-order valence-corrected chi connectivity index (χ2v) is 5.48. The zero-order valence-electron chi connectivity index (χ0n) is 11.5. The Kier molecular flexibility index (Phi) is 5.31. The van der Waals surface area contributed by atoms with Crippen LogP contribution in [-0.2, 0) is 6.54 Å². The molecule has 0 amide bonds. The van der Waals surface area contributed by atoms with Crippen molar-refractivity contribution in [3.63, 3.8) is 0 Å². The van der Waals surface area contributed by atoms with E-state index in [4.69, 9.17) is 21.1 Å². The van der Waals surface area contributed by atoms with Crippen molar-refractivity contribution in [1.29, 1.82) is 0 Å². The molecule has 0 aliphatic rings. The highest BCUT2D eigenvalue weighted by Crippen LogP contribution is 2.37. The minimum Gasteiger partial charge on any atom is -0.493 e. The van der Waals surface area contributed by atoms with Gasteiger partial charge in [-0.1, -0.05) is 17.7 Å². The molecular formula is C15H14BrClFNO2. The summed E-state index contributed by atoms with van der Waals surface area (Å²) in [5.41, 5.74) is 1.63. The molecule has 112 valence electrons. The fourth-order valence-electron chi connectivity index (χ4n) is 1.89. The van der Waals surface area contributed by atoms with E-state index in [0.29, 0.717) is 27.5 Å². The first-order valence-corrected chi connectivity index (χ1v) is 7.32. The lowest BCUT2D eigenvalue weighted by Crippen LogP contribution is -2.02. The third kappa shape index (κ3) is 3.60. The summed E-state index contributed by atoms with van der Waals surface area (Å²) >= 11 is 9.62. The Morgan fingerprint density at radius 1 is 1.19 bits per heavy atom. The number of nitrogens with one attached hydrogen (secondary N) is 1. The molecule has 2 aromatic rings. The van der Waals surface area contributed by atoms with Gasteiger partial charge >= 0.3 is 0 Å². The van der Waals surface area contributed by atoms with Crippen molar-refractivity contribution >= 4 is 33.2 Å². The van der Waals surface area contributed by atoms with Gasteiger partial charge in [-0.3, -0.25) is 0 Å². The van der Waals surface area contributed by atoms with Crippen molar-refractivity contribution < 1.29 is 13.9 Å². The Morgan fingerprint density at radius 3 is 2.57 bits per heavy atom. The van der Waals surface area contributed by atoms with Gasteiger partial charge in [0, 0.05) is 16.7 Å². The molecule has 0 radical (unpaired) electrons. The predicted molar refractivity (Wildman–Crippen MR) is 86.0 cm³/mol. The second kappa shape index (κ2) is 7.00. The van der Waals surface area contributed by atoms with E-state index < -0.39 is 0 Å². The number of anilines is 1. The highest BCUT2D eigenvalue weighted by atomic mass is 79.9. The first-order valence-electron chi connectivity index (χ1n) is 6.15. The van der Waals surface area contributed by atoms with Gasteiger partial charge in [0.25, 0.3) is 0 Å². The van der Waals surface area contributed by atoms with Gasteiger partial charge in [-0.2, -0.15) is 0 Å². The average molecular weight is 375 g/mol. The lowest BCUT2D eigenvalue weighted by atomic mass is 10.2. The Hall–Kier alpha value is -1.46. The molecule has 0 saturated carbocycles. The van der Waals surface area contributed by atoms with Gasteiger partial charge in [-0.15, -0.1) is 0 Å². The molecule has 0 aromatic heterocycles. The van der Waals surface area contributed by atoms with E-state index in [1.807, 2.05) is 6.07 Å². The van der Waals surface area contributed by atoms with E-state index in [1.54, 1.807) is 19.2 Å². The molecule has 0 aliphatic carbocycles. The molecule has 0 fully saturated rings. The van der Waals surface area contributed by atoms with E-state index in [1.165, 1.54) is 19.2 Å². The van der Waals surface area contributed by atoms with Gasteiger partial charge in [-0.25, -0.2) is 4.39 Å². The molecule has 6 heteroatoms. The van der Waals surface area contributed by atoms with Gasteiger partial charge in [-0.05, 0) is 45.8 Å². The molecule has 0 spiro atoms. The first-order chi connectivity index (χ1) is 10.1. The molecule has 21 heavy (non-hydrogen) atoms. The molecule has 0 unspecified atom stereocenters. The second-order valence-electron chi connectivity index (χ2n) is 4.25. The molecule has 2 rings (SSSR count). The van der Waals surface area contributed by atoms with Crippen LogP contribution in [0, 0.1) is 5.82 Å². The number of ether oxygens (including phenoxy) is 2. The van der Waals surface area contributed by atoms with Crippen LogP contribution in [0.15, 0.2) is 34.8 Å². The summed E-state index contributed by atoms with van der Waals surface area (Å²) in [6, 6.07) is 8.10. The first kappa shape index (κ1) is 15.9. The van der Waals surface area contributed by atoms with Crippen LogP contribution in [0.3, 0.4) is 0 Å². The fraction of sp³-hybridized carbons (Fsp3) is 0.200. The Bertz CT molecular complexity index is 652. The maximum atomic E-state index is 13.0. The van der Waals surface area contributed by atoms with Crippen LogP contribution in [-0.4, -0.2) is 14.2 Å². The van der Waals surface area contributed by atoms with Gasteiger partial charge in [0.15, 0.2) is 11.5 Å². The van der Waals surface area contributed by atoms with Crippen molar-refractivity contribution in [2.75, 3.05) is 19.5 Å². The van der Waals surface area contributed by atoms with Crippen LogP contribution in [0.5, 0.6) is 11.5 Å². The van der Waals surface area contributed by atoms with Crippen LogP contribution in [0.1, 0.15) is 5.56 Å². The molecule has 3 nitrogen and oxygen atoms in total. The Balaban J connectivity index is 2.20. The number of hydrogen-bond donors (Lipinski definition) is 1. The van der Waals surface area contributed by atoms with E-state index >= 15 is 0 Å². The number of hydrogen-bond acceptors (Lipinski definition) is 3. The molecule has 0 saturated heterocycles. The lowest BCUT2D eigenvalue weighted by molar-refractivity contribution is 0.355. The third-order valence-corrected chi connectivity index (χ3v) is 4.04. The maximum absolute atomic E-state index is 13.0. The van der Waals surface area contributed by atoms with E-state index in [0.717, 1.165) is 11.3 Å². The summed E-state index contributed by atoms with van der Waals surface area (Å²) in [6.45, 7) is 0.476. The topological polar surface area (TPSA) is 30.5 Å². The van der Waals surface area contributed by atoms with Crippen LogP contribution in [0.4, 0.5) is 10.1 Å².